The van der Waals surface area contributed by atoms with Crippen molar-refractivity contribution in [3.8, 4) is 0 Å². The summed E-state index contributed by atoms with van der Waals surface area (Å²) in [4.78, 5) is 16.0. The number of rotatable bonds is 6. The molecule has 0 bridgehead atoms. The Morgan fingerprint density at radius 1 is 1.45 bits per heavy atom. The van der Waals surface area contributed by atoms with Crippen molar-refractivity contribution in [1.29, 1.82) is 0 Å². The average Bonchev–Trinajstić information content (AvgIpc) is 2.94. The van der Waals surface area contributed by atoms with Crippen LogP contribution in [0.2, 0.25) is 0 Å². The molecular weight excluding hydrogens is 272 g/mol. The zero-order valence-corrected chi connectivity index (χ0v) is 12.2. The van der Waals surface area contributed by atoms with Gasteiger partial charge >= 0.3 is 0 Å². The molecule has 1 heterocycles. The highest BCUT2D eigenvalue weighted by Crippen LogP contribution is 2.20. The van der Waals surface area contributed by atoms with Gasteiger partial charge in [-0.05, 0) is 25.1 Å². The highest BCUT2D eigenvalue weighted by atomic mass is 32.1. The van der Waals surface area contributed by atoms with E-state index in [-0.39, 0.29) is 5.91 Å². The van der Waals surface area contributed by atoms with Gasteiger partial charge in [-0.25, -0.2) is 4.98 Å². The Morgan fingerprint density at radius 3 is 3.00 bits per heavy atom. The Morgan fingerprint density at radius 2 is 2.30 bits per heavy atom. The van der Waals surface area contributed by atoms with Crippen LogP contribution in [0.3, 0.4) is 0 Å². The lowest BCUT2D eigenvalue weighted by molar-refractivity contribution is 0.0956. The topological polar surface area (TPSA) is 80.0 Å². The van der Waals surface area contributed by atoms with E-state index < -0.39 is 0 Å². The number of benzene rings is 1. The SMILES string of the molecule is CCNC(=O)c1ccc(N)c(NCCc2nccs2)c1. The number of carbonyl (C=O) groups excluding carboxylic acids is 1. The maximum absolute atomic E-state index is 11.8. The molecule has 20 heavy (non-hydrogen) atoms. The van der Waals surface area contributed by atoms with E-state index in [1.165, 1.54) is 0 Å². The molecule has 4 N–H and O–H groups in total. The Hall–Kier alpha value is -2.08. The van der Waals surface area contributed by atoms with Crippen LogP contribution in [-0.2, 0) is 6.42 Å². The van der Waals surface area contributed by atoms with E-state index in [0.29, 0.717) is 17.8 Å². The van der Waals surface area contributed by atoms with Crippen molar-refractivity contribution in [3.63, 3.8) is 0 Å². The summed E-state index contributed by atoms with van der Waals surface area (Å²) in [6.45, 7) is 3.23. The van der Waals surface area contributed by atoms with Gasteiger partial charge in [0, 0.05) is 36.7 Å². The molecule has 106 valence electrons. The summed E-state index contributed by atoms with van der Waals surface area (Å²) < 4.78 is 0. The molecule has 5 nitrogen and oxygen atoms in total. The molecule has 0 atom stereocenters. The number of hydrogen-bond acceptors (Lipinski definition) is 5. The number of thiazole rings is 1. The number of nitrogens with two attached hydrogens (primary N) is 1. The highest BCUT2D eigenvalue weighted by molar-refractivity contribution is 7.09. The second-order valence-electron chi connectivity index (χ2n) is 4.26. The largest absolute Gasteiger partial charge is 0.397 e. The number of nitrogen functional groups attached to an aromatic ring is 1. The molecule has 0 spiro atoms. The third-order valence-corrected chi connectivity index (χ3v) is 3.63. The summed E-state index contributed by atoms with van der Waals surface area (Å²) in [5, 5.41) is 9.06. The molecule has 0 unspecified atom stereocenters. The van der Waals surface area contributed by atoms with E-state index in [9.17, 15) is 4.79 Å². The van der Waals surface area contributed by atoms with Crippen LogP contribution >= 0.6 is 11.3 Å². The second kappa shape index (κ2) is 6.91. The molecule has 2 rings (SSSR count). The lowest BCUT2D eigenvalue weighted by Crippen LogP contribution is -2.22. The maximum atomic E-state index is 11.8. The van der Waals surface area contributed by atoms with Crippen molar-refractivity contribution in [1.82, 2.24) is 10.3 Å². The molecule has 1 aromatic carbocycles. The molecule has 1 amide bonds. The molecule has 0 saturated carbocycles. The molecule has 1 aromatic heterocycles. The predicted molar refractivity (Wildman–Crippen MR) is 83.2 cm³/mol. The number of anilines is 2. The smallest absolute Gasteiger partial charge is 0.251 e. The highest BCUT2D eigenvalue weighted by Gasteiger charge is 2.07. The summed E-state index contributed by atoms with van der Waals surface area (Å²) in [6.07, 6.45) is 2.63. The minimum atomic E-state index is -0.0875. The number of aromatic nitrogens is 1. The van der Waals surface area contributed by atoms with Crippen LogP contribution in [0, 0.1) is 0 Å². The van der Waals surface area contributed by atoms with Crippen molar-refractivity contribution in [2.75, 3.05) is 24.1 Å². The third-order valence-electron chi connectivity index (χ3n) is 2.79. The number of nitrogens with zero attached hydrogens (tertiary/aromatic N) is 1. The zero-order chi connectivity index (χ0) is 14.4. The van der Waals surface area contributed by atoms with E-state index in [1.54, 1.807) is 35.7 Å². The summed E-state index contributed by atoms with van der Waals surface area (Å²) in [6, 6.07) is 5.25. The first-order valence-electron chi connectivity index (χ1n) is 6.50. The summed E-state index contributed by atoms with van der Waals surface area (Å²) in [5.41, 5.74) is 7.94. The van der Waals surface area contributed by atoms with E-state index >= 15 is 0 Å². The number of carbonyl (C=O) groups is 1. The minimum Gasteiger partial charge on any atom is -0.397 e. The van der Waals surface area contributed by atoms with E-state index in [4.69, 9.17) is 5.73 Å². The van der Waals surface area contributed by atoms with E-state index in [0.717, 1.165) is 23.7 Å². The summed E-state index contributed by atoms with van der Waals surface area (Å²) >= 11 is 1.63. The first-order chi connectivity index (χ1) is 9.70. The van der Waals surface area contributed by atoms with E-state index in [1.807, 2.05) is 12.3 Å². The Kier molecular flexibility index (Phi) is 4.95. The van der Waals surface area contributed by atoms with E-state index in [2.05, 4.69) is 15.6 Å². The molecule has 6 heteroatoms. The van der Waals surface area contributed by atoms with Crippen molar-refractivity contribution in [3.05, 3.63) is 40.3 Å². The van der Waals surface area contributed by atoms with Crippen LogP contribution in [0.5, 0.6) is 0 Å². The fraction of sp³-hybridized carbons (Fsp3) is 0.286. The van der Waals surface area contributed by atoms with Crippen molar-refractivity contribution in [2.24, 2.45) is 0 Å². The zero-order valence-electron chi connectivity index (χ0n) is 11.3. The van der Waals surface area contributed by atoms with Crippen LogP contribution in [0.15, 0.2) is 29.8 Å². The fourth-order valence-electron chi connectivity index (χ4n) is 1.79. The molecule has 0 aliphatic rings. The van der Waals surface area contributed by atoms with Crippen LogP contribution in [0.25, 0.3) is 0 Å². The summed E-state index contributed by atoms with van der Waals surface area (Å²) in [7, 11) is 0. The van der Waals surface area contributed by atoms with Gasteiger partial charge in [0.15, 0.2) is 0 Å². The molecule has 0 radical (unpaired) electrons. The van der Waals surface area contributed by atoms with Crippen LogP contribution < -0.4 is 16.4 Å². The Bertz CT molecular complexity index is 569. The standard InChI is InChI=1S/C14H18N4OS/c1-2-16-14(19)10-3-4-11(15)12(9-10)17-6-5-13-18-7-8-20-13/h3-4,7-9,17H,2,5-6,15H2,1H3,(H,16,19). The first kappa shape index (κ1) is 14.3. The van der Waals surface area contributed by atoms with Crippen LogP contribution in [-0.4, -0.2) is 24.0 Å². The molecule has 0 fully saturated rings. The van der Waals surface area contributed by atoms with Crippen molar-refractivity contribution >= 4 is 28.6 Å². The van der Waals surface area contributed by atoms with Gasteiger partial charge in [-0.15, -0.1) is 11.3 Å². The quantitative estimate of drug-likeness (QED) is 0.712. The van der Waals surface area contributed by atoms with Gasteiger partial charge in [0.1, 0.15) is 0 Å². The number of nitrogens with one attached hydrogen (secondary N) is 2. The Balaban J connectivity index is 1.99. The predicted octanol–water partition coefficient (Wildman–Crippen LogP) is 2.13. The van der Waals surface area contributed by atoms with Gasteiger partial charge in [-0.2, -0.15) is 0 Å². The van der Waals surface area contributed by atoms with Gasteiger partial charge in [0.05, 0.1) is 16.4 Å². The average molecular weight is 290 g/mol. The lowest BCUT2D eigenvalue weighted by atomic mass is 10.1. The normalized spacial score (nSPS) is 10.2. The van der Waals surface area contributed by atoms with Gasteiger partial charge in [0.25, 0.3) is 5.91 Å². The van der Waals surface area contributed by atoms with Crippen molar-refractivity contribution < 1.29 is 4.79 Å². The van der Waals surface area contributed by atoms with Crippen LogP contribution in [0.4, 0.5) is 11.4 Å². The van der Waals surface area contributed by atoms with Crippen LogP contribution in [0.1, 0.15) is 22.3 Å². The maximum Gasteiger partial charge on any atom is 0.251 e. The van der Waals surface area contributed by atoms with Gasteiger partial charge in [-0.3, -0.25) is 4.79 Å². The lowest BCUT2D eigenvalue weighted by Gasteiger charge is -2.10. The third kappa shape index (κ3) is 3.71. The molecule has 0 aliphatic carbocycles. The Labute approximate surface area is 122 Å². The fourth-order valence-corrected chi connectivity index (χ4v) is 2.41. The number of amides is 1. The molecule has 0 saturated heterocycles. The molecule has 0 aliphatic heterocycles. The monoisotopic (exact) mass is 290 g/mol. The first-order valence-corrected chi connectivity index (χ1v) is 7.38. The minimum absolute atomic E-state index is 0.0875. The van der Waals surface area contributed by atoms with Gasteiger partial charge in [0.2, 0.25) is 0 Å². The summed E-state index contributed by atoms with van der Waals surface area (Å²) in [5.74, 6) is -0.0875. The molecular formula is C14H18N4OS. The van der Waals surface area contributed by atoms with Crippen molar-refractivity contribution in [2.45, 2.75) is 13.3 Å². The van der Waals surface area contributed by atoms with Gasteiger partial charge in [-0.1, -0.05) is 0 Å². The van der Waals surface area contributed by atoms with Gasteiger partial charge < -0.3 is 16.4 Å². The second-order valence-corrected chi connectivity index (χ2v) is 5.24. The molecule has 2 aromatic rings. The number of hydrogen-bond donors (Lipinski definition) is 3.